The van der Waals surface area contributed by atoms with E-state index < -0.39 is 5.97 Å². The van der Waals surface area contributed by atoms with Gasteiger partial charge in [-0.15, -0.1) is 0 Å². The van der Waals surface area contributed by atoms with Gasteiger partial charge in [0, 0.05) is 17.1 Å². The van der Waals surface area contributed by atoms with Crippen LogP contribution in [0.25, 0.3) is 11.0 Å². The van der Waals surface area contributed by atoms with Gasteiger partial charge < -0.3 is 14.8 Å². The fraction of sp³-hybridized carbons (Fsp3) is 0.364. The quantitative estimate of drug-likeness (QED) is 0.591. The van der Waals surface area contributed by atoms with E-state index in [4.69, 9.17) is 9.52 Å². The highest BCUT2D eigenvalue weighted by Crippen LogP contribution is 2.40. The van der Waals surface area contributed by atoms with Crippen LogP contribution in [-0.2, 0) is 0 Å². The van der Waals surface area contributed by atoms with Crippen molar-refractivity contribution >= 4 is 22.8 Å². The van der Waals surface area contributed by atoms with Crippen LogP contribution >= 0.6 is 0 Å². The third-order valence-electron chi connectivity index (χ3n) is 5.65. The Morgan fingerprint density at radius 2 is 2.04 bits per heavy atom. The number of aromatic carboxylic acids is 1. The molecule has 0 aliphatic heterocycles. The molecule has 0 spiro atoms. The van der Waals surface area contributed by atoms with Gasteiger partial charge in [0.15, 0.2) is 0 Å². The van der Waals surface area contributed by atoms with E-state index in [9.17, 15) is 9.18 Å². The third-order valence-corrected chi connectivity index (χ3v) is 5.65. The van der Waals surface area contributed by atoms with Gasteiger partial charge in [-0.3, -0.25) is 0 Å². The lowest BCUT2D eigenvalue weighted by Gasteiger charge is -2.30. The van der Waals surface area contributed by atoms with E-state index >= 15 is 0 Å². The number of halogens is 1. The lowest BCUT2D eigenvalue weighted by Crippen LogP contribution is -2.24. The number of carbonyl (C=O) groups is 1. The lowest BCUT2D eigenvalue weighted by molar-refractivity contribution is 0.0696. The molecule has 3 aromatic rings. The van der Waals surface area contributed by atoms with Crippen molar-refractivity contribution < 1.29 is 18.7 Å². The number of carboxylic acid groups (broad SMARTS) is 1. The predicted octanol–water partition coefficient (Wildman–Crippen LogP) is 5.71. The van der Waals surface area contributed by atoms with E-state index in [2.05, 4.69) is 10.3 Å². The summed E-state index contributed by atoms with van der Waals surface area (Å²) in [7, 11) is 0. The summed E-state index contributed by atoms with van der Waals surface area (Å²) in [6.07, 6.45) is 7.08. The molecule has 6 heteroatoms. The Bertz CT molecular complexity index is 991. The van der Waals surface area contributed by atoms with Crippen molar-refractivity contribution in [3.8, 4) is 0 Å². The molecule has 0 saturated heterocycles. The fourth-order valence-corrected chi connectivity index (χ4v) is 4.14. The van der Waals surface area contributed by atoms with Gasteiger partial charge in [0.05, 0.1) is 11.6 Å². The summed E-state index contributed by atoms with van der Waals surface area (Å²) in [5.74, 6) is 0.496. The van der Waals surface area contributed by atoms with Crippen LogP contribution in [0.3, 0.4) is 0 Å². The number of benzene rings is 1. The maximum Gasteiger partial charge on any atom is 0.337 e. The van der Waals surface area contributed by atoms with Gasteiger partial charge in [-0.1, -0.05) is 19.3 Å². The maximum absolute atomic E-state index is 13.7. The Labute approximate surface area is 162 Å². The van der Waals surface area contributed by atoms with Crippen LogP contribution in [0.15, 0.2) is 40.9 Å². The van der Waals surface area contributed by atoms with E-state index in [0.29, 0.717) is 17.3 Å². The first-order valence-electron chi connectivity index (χ1n) is 9.67. The second-order valence-electron chi connectivity index (χ2n) is 7.49. The largest absolute Gasteiger partial charge is 0.478 e. The van der Waals surface area contributed by atoms with Crippen molar-refractivity contribution in [2.24, 2.45) is 5.92 Å². The molecule has 2 heterocycles. The monoisotopic (exact) mass is 382 g/mol. The predicted molar refractivity (Wildman–Crippen MR) is 105 cm³/mol. The average molecular weight is 382 g/mol. The molecular formula is C22H23FN2O3. The Hall–Kier alpha value is -2.89. The zero-order chi connectivity index (χ0) is 19.7. The number of aromatic nitrogens is 1. The molecule has 5 nitrogen and oxygen atoms in total. The minimum Gasteiger partial charge on any atom is -0.478 e. The molecule has 1 atom stereocenters. The molecule has 146 valence electrons. The molecule has 0 radical (unpaired) electrons. The van der Waals surface area contributed by atoms with Crippen LogP contribution in [0.2, 0.25) is 0 Å². The Balaban J connectivity index is 1.71. The summed E-state index contributed by atoms with van der Waals surface area (Å²) in [4.78, 5) is 15.3. The Kier molecular flexibility index (Phi) is 5.03. The average Bonchev–Trinajstić information content (AvgIpc) is 3.03. The summed E-state index contributed by atoms with van der Waals surface area (Å²) in [6, 6.07) is 7.70. The number of pyridine rings is 1. The first-order chi connectivity index (χ1) is 13.5. The summed E-state index contributed by atoms with van der Waals surface area (Å²) < 4.78 is 19.9. The number of fused-ring (bicyclic) bond motifs is 1. The molecule has 0 amide bonds. The van der Waals surface area contributed by atoms with Gasteiger partial charge >= 0.3 is 5.97 Å². The molecular weight excluding hydrogens is 359 g/mol. The minimum absolute atomic E-state index is 0.0982. The number of rotatable bonds is 5. The summed E-state index contributed by atoms with van der Waals surface area (Å²) in [5.41, 5.74) is 1.75. The summed E-state index contributed by atoms with van der Waals surface area (Å²) in [6.45, 7) is 1.96. The topological polar surface area (TPSA) is 75.4 Å². The number of aryl methyl sites for hydroxylation is 1. The van der Waals surface area contributed by atoms with Crippen LogP contribution in [0.4, 0.5) is 10.2 Å². The molecule has 2 aromatic heterocycles. The smallest absolute Gasteiger partial charge is 0.337 e. The number of anilines is 1. The van der Waals surface area contributed by atoms with Crippen LogP contribution < -0.4 is 5.32 Å². The highest BCUT2D eigenvalue weighted by atomic mass is 19.1. The van der Waals surface area contributed by atoms with Crippen LogP contribution in [0, 0.1) is 18.7 Å². The number of nitrogens with one attached hydrogen (secondary N) is 1. The second kappa shape index (κ2) is 7.62. The third kappa shape index (κ3) is 3.59. The fourth-order valence-electron chi connectivity index (χ4n) is 4.14. The van der Waals surface area contributed by atoms with Crippen LogP contribution in [-0.4, -0.2) is 16.1 Å². The summed E-state index contributed by atoms with van der Waals surface area (Å²) >= 11 is 0. The highest BCUT2D eigenvalue weighted by molar-refractivity contribution is 5.87. The van der Waals surface area contributed by atoms with Gasteiger partial charge in [-0.05, 0) is 56.0 Å². The van der Waals surface area contributed by atoms with E-state index in [1.807, 2.05) is 6.92 Å². The SMILES string of the molecule is Cc1c(C(Nc2ccc(C(=O)O)cn2)C2CCCCC2)oc2ccc(F)cc12. The van der Waals surface area contributed by atoms with Gasteiger partial charge in [-0.2, -0.15) is 0 Å². The molecule has 1 saturated carbocycles. The lowest BCUT2D eigenvalue weighted by atomic mass is 9.82. The van der Waals surface area contributed by atoms with E-state index in [1.54, 1.807) is 12.1 Å². The minimum atomic E-state index is -1.00. The second-order valence-corrected chi connectivity index (χ2v) is 7.49. The molecule has 2 N–H and O–H groups in total. The summed E-state index contributed by atoms with van der Waals surface area (Å²) in [5, 5.41) is 13.3. The highest BCUT2D eigenvalue weighted by Gasteiger charge is 2.30. The van der Waals surface area contributed by atoms with Gasteiger partial charge in [0.2, 0.25) is 0 Å². The number of nitrogens with zero attached hydrogens (tertiary/aromatic N) is 1. The standard InChI is InChI=1S/C22H23FN2O3/c1-13-17-11-16(23)8-9-18(17)28-21(13)20(14-5-3-2-4-6-14)25-19-10-7-15(12-24-19)22(26)27/h7-12,14,20H,2-6H2,1H3,(H,24,25)(H,26,27). The van der Waals surface area contributed by atoms with Crippen molar-refractivity contribution in [1.82, 2.24) is 4.98 Å². The maximum atomic E-state index is 13.7. The van der Waals surface area contributed by atoms with Crippen LogP contribution in [0.1, 0.15) is 59.8 Å². The van der Waals surface area contributed by atoms with Crippen molar-refractivity contribution in [3.05, 3.63) is 59.2 Å². The first-order valence-corrected chi connectivity index (χ1v) is 9.67. The van der Waals surface area contributed by atoms with E-state index in [1.165, 1.54) is 43.7 Å². The molecule has 0 bridgehead atoms. The molecule has 1 aliphatic carbocycles. The van der Waals surface area contributed by atoms with Crippen molar-refractivity contribution in [2.75, 3.05) is 5.32 Å². The van der Waals surface area contributed by atoms with E-state index in [-0.39, 0.29) is 17.4 Å². The van der Waals surface area contributed by atoms with E-state index in [0.717, 1.165) is 29.6 Å². The zero-order valence-electron chi connectivity index (χ0n) is 15.7. The molecule has 1 aliphatic rings. The van der Waals surface area contributed by atoms with Gasteiger partial charge in [0.1, 0.15) is 23.0 Å². The molecule has 1 fully saturated rings. The number of carboxylic acids is 1. The normalized spacial score (nSPS) is 16.2. The number of hydrogen-bond donors (Lipinski definition) is 2. The molecule has 1 unspecified atom stereocenters. The Morgan fingerprint density at radius 1 is 1.25 bits per heavy atom. The van der Waals surface area contributed by atoms with Gasteiger partial charge in [0.25, 0.3) is 0 Å². The number of hydrogen-bond acceptors (Lipinski definition) is 4. The van der Waals surface area contributed by atoms with Crippen molar-refractivity contribution in [2.45, 2.75) is 45.1 Å². The van der Waals surface area contributed by atoms with Crippen LogP contribution in [0.5, 0.6) is 0 Å². The number of furan rings is 1. The molecule has 1 aromatic carbocycles. The Morgan fingerprint density at radius 3 is 2.71 bits per heavy atom. The molecule has 4 rings (SSSR count). The van der Waals surface area contributed by atoms with Crippen molar-refractivity contribution in [1.29, 1.82) is 0 Å². The van der Waals surface area contributed by atoms with Gasteiger partial charge in [-0.25, -0.2) is 14.2 Å². The first kappa shape index (κ1) is 18.5. The van der Waals surface area contributed by atoms with Crippen molar-refractivity contribution in [3.63, 3.8) is 0 Å². The zero-order valence-corrected chi connectivity index (χ0v) is 15.7. The molecule has 28 heavy (non-hydrogen) atoms.